The van der Waals surface area contributed by atoms with Gasteiger partial charge in [0.15, 0.2) is 4.96 Å². The van der Waals surface area contributed by atoms with Gasteiger partial charge in [-0.1, -0.05) is 12.1 Å². The lowest BCUT2D eigenvalue weighted by Crippen LogP contribution is -2.14. The first-order valence-electron chi connectivity index (χ1n) is 6.68. The Labute approximate surface area is 134 Å². The van der Waals surface area contributed by atoms with E-state index in [-0.39, 0.29) is 18.0 Å². The Hall–Kier alpha value is -2.80. The van der Waals surface area contributed by atoms with E-state index in [4.69, 9.17) is 4.74 Å². The van der Waals surface area contributed by atoms with Crippen LogP contribution in [0.15, 0.2) is 52.8 Å². The van der Waals surface area contributed by atoms with Crippen LogP contribution >= 0.6 is 11.3 Å². The molecule has 0 radical (unpaired) electrons. The fraction of sp³-hybridized carbons (Fsp3) is 0.0625. The summed E-state index contributed by atoms with van der Waals surface area (Å²) in [5, 5.41) is 1.75. The molecule has 0 saturated carbocycles. The number of esters is 1. The average molecular weight is 330 g/mol. The van der Waals surface area contributed by atoms with Crippen LogP contribution in [0.4, 0.5) is 4.39 Å². The number of nitrogens with zero attached hydrogens (tertiary/aromatic N) is 2. The maximum Gasteiger partial charge on any atom is 0.331 e. The maximum atomic E-state index is 13.0. The van der Waals surface area contributed by atoms with Crippen LogP contribution in [0.25, 0.3) is 11.0 Å². The standard InChI is InChI=1S/C16H11FN2O3S/c17-12-3-1-2-11(8-12)4-5-15(21)22-10-13-9-14(20)19-6-7-23-16(19)18-13/h1-9H,10H2. The first kappa shape index (κ1) is 15.1. The van der Waals surface area contributed by atoms with Crippen molar-refractivity contribution >= 4 is 28.3 Å². The summed E-state index contributed by atoms with van der Waals surface area (Å²) in [6.45, 7) is -0.101. The van der Waals surface area contributed by atoms with Crippen molar-refractivity contribution in [3.8, 4) is 0 Å². The molecule has 0 aliphatic rings. The van der Waals surface area contributed by atoms with Crippen LogP contribution in [-0.4, -0.2) is 15.4 Å². The summed E-state index contributed by atoms with van der Waals surface area (Å²) < 4.78 is 19.5. The fourth-order valence-electron chi connectivity index (χ4n) is 1.93. The number of carbonyl (C=O) groups excluding carboxylic acids is 1. The smallest absolute Gasteiger partial charge is 0.331 e. The zero-order chi connectivity index (χ0) is 16.2. The maximum absolute atomic E-state index is 13.0. The number of hydrogen-bond donors (Lipinski definition) is 0. The van der Waals surface area contributed by atoms with Crippen LogP contribution < -0.4 is 5.56 Å². The Morgan fingerprint density at radius 3 is 3.09 bits per heavy atom. The molecule has 0 spiro atoms. The zero-order valence-corrected chi connectivity index (χ0v) is 12.6. The molecule has 1 aromatic carbocycles. The molecular formula is C16H11FN2O3S. The van der Waals surface area contributed by atoms with Crippen molar-refractivity contribution in [1.29, 1.82) is 0 Å². The molecule has 23 heavy (non-hydrogen) atoms. The summed E-state index contributed by atoms with van der Waals surface area (Å²) in [5.41, 5.74) is 0.709. The van der Waals surface area contributed by atoms with Crippen molar-refractivity contribution in [2.24, 2.45) is 0 Å². The minimum atomic E-state index is -0.595. The Kier molecular flexibility index (Phi) is 4.29. The molecule has 0 fully saturated rings. The van der Waals surface area contributed by atoms with E-state index in [1.165, 1.54) is 46.1 Å². The van der Waals surface area contributed by atoms with Gasteiger partial charge in [0.05, 0.1) is 5.69 Å². The fourth-order valence-corrected chi connectivity index (χ4v) is 2.67. The molecule has 0 N–H and O–H groups in total. The molecule has 0 bridgehead atoms. The normalized spacial score (nSPS) is 11.2. The molecule has 0 atom stereocenters. The number of halogens is 1. The van der Waals surface area contributed by atoms with Crippen LogP contribution in [0.5, 0.6) is 0 Å². The quantitative estimate of drug-likeness (QED) is 0.545. The average Bonchev–Trinajstić information content (AvgIpc) is 3.00. The molecule has 3 rings (SSSR count). The molecule has 0 aliphatic carbocycles. The van der Waals surface area contributed by atoms with Crippen molar-refractivity contribution in [3.05, 3.63) is 75.4 Å². The third-order valence-corrected chi connectivity index (χ3v) is 3.74. The molecule has 0 amide bonds. The Bertz CT molecular complexity index is 946. The number of fused-ring (bicyclic) bond motifs is 1. The number of aromatic nitrogens is 2. The van der Waals surface area contributed by atoms with Gasteiger partial charge < -0.3 is 4.74 Å². The van der Waals surface area contributed by atoms with Crippen LogP contribution in [0.3, 0.4) is 0 Å². The Balaban J connectivity index is 1.65. The largest absolute Gasteiger partial charge is 0.456 e. The van der Waals surface area contributed by atoms with Gasteiger partial charge in [0.1, 0.15) is 12.4 Å². The summed E-state index contributed by atoms with van der Waals surface area (Å²) in [5.74, 6) is -0.975. The van der Waals surface area contributed by atoms with Crippen molar-refractivity contribution in [2.45, 2.75) is 6.61 Å². The van der Waals surface area contributed by atoms with Crippen LogP contribution in [-0.2, 0) is 16.1 Å². The summed E-state index contributed by atoms with van der Waals surface area (Å²) in [6, 6.07) is 7.16. The van der Waals surface area contributed by atoms with Crippen molar-refractivity contribution < 1.29 is 13.9 Å². The van der Waals surface area contributed by atoms with Crippen LogP contribution in [0.1, 0.15) is 11.3 Å². The van der Waals surface area contributed by atoms with Crippen LogP contribution in [0, 0.1) is 5.82 Å². The predicted molar refractivity (Wildman–Crippen MR) is 84.6 cm³/mol. The number of benzene rings is 1. The summed E-state index contributed by atoms with van der Waals surface area (Å²) in [4.78, 5) is 28.2. The number of ether oxygens (including phenoxy) is 1. The highest BCUT2D eigenvalue weighted by Crippen LogP contribution is 2.08. The number of thiazole rings is 1. The minimum Gasteiger partial charge on any atom is -0.456 e. The molecule has 5 nitrogen and oxygen atoms in total. The molecule has 2 aromatic heterocycles. The van der Waals surface area contributed by atoms with Gasteiger partial charge in [-0.3, -0.25) is 9.20 Å². The van der Waals surface area contributed by atoms with E-state index in [0.29, 0.717) is 16.2 Å². The highest BCUT2D eigenvalue weighted by Gasteiger charge is 2.05. The van der Waals surface area contributed by atoms with Gasteiger partial charge in [-0.15, -0.1) is 11.3 Å². The predicted octanol–water partition coefficient (Wildman–Crippen LogP) is 2.65. The topological polar surface area (TPSA) is 60.7 Å². The van der Waals surface area contributed by atoms with E-state index in [1.807, 2.05) is 0 Å². The summed E-state index contributed by atoms with van der Waals surface area (Å²) in [6.07, 6.45) is 4.29. The molecule has 3 aromatic rings. The summed E-state index contributed by atoms with van der Waals surface area (Å²) in [7, 11) is 0. The van der Waals surface area contributed by atoms with Gasteiger partial charge in [-0.25, -0.2) is 14.2 Å². The highest BCUT2D eigenvalue weighted by atomic mass is 32.1. The lowest BCUT2D eigenvalue weighted by Gasteiger charge is -2.02. The van der Waals surface area contributed by atoms with E-state index in [9.17, 15) is 14.0 Å². The molecule has 0 aliphatic heterocycles. The van der Waals surface area contributed by atoms with E-state index < -0.39 is 5.97 Å². The highest BCUT2D eigenvalue weighted by molar-refractivity contribution is 7.15. The van der Waals surface area contributed by atoms with Gasteiger partial charge >= 0.3 is 5.97 Å². The van der Waals surface area contributed by atoms with Crippen molar-refractivity contribution in [3.63, 3.8) is 0 Å². The first-order chi connectivity index (χ1) is 11.1. The van der Waals surface area contributed by atoms with Crippen molar-refractivity contribution in [2.75, 3.05) is 0 Å². The van der Waals surface area contributed by atoms with Gasteiger partial charge in [-0.05, 0) is 23.8 Å². The molecular weight excluding hydrogens is 319 g/mol. The molecule has 7 heteroatoms. The third kappa shape index (κ3) is 3.70. The van der Waals surface area contributed by atoms with Gasteiger partial charge in [0, 0.05) is 23.7 Å². The van der Waals surface area contributed by atoms with E-state index >= 15 is 0 Å². The lowest BCUT2D eigenvalue weighted by atomic mass is 10.2. The zero-order valence-electron chi connectivity index (χ0n) is 11.8. The van der Waals surface area contributed by atoms with E-state index in [2.05, 4.69) is 4.98 Å². The number of rotatable bonds is 4. The molecule has 0 unspecified atom stereocenters. The van der Waals surface area contributed by atoms with Gasteiger partial charge in [0.2, 0.25) is 0 Å². The SMILES string of the molecule is O=C(C=Cc1cccc(F)c1)OCc1cc(=O)n2ccsc2n1. The van der Waals surface area contributed by atoms with E-state index in [1.54, 1.807) is 23.7 Å². The van der Waals surface area contributed by atoms with Crippen LogP contribution in [0.2, 0.25) is 0 Å². The third-order valence-electron chi connectivity index (χ3n) is 2.98. The summed E-state index contributed by atoms with van der Waals surface area (Å²) >= 11 is 1.32. The van der Waals surface area contributed by atoms with E-state index in [0.717, 1.165) is 0 Å². The second kappa shape index (κ2) is 6.53. The monoisotopic (exact) mass is 330 g/mol. The Morgan fingerprint density at radius 2 is 2.26 bits per heavy atom. The number of carbonyl (C=O) groups is 1. The first-order valence-corrected chi connectivity index (χ1v) is 7.56. The second-order valence-electron chi connectivity index (χ2n) is 4.64. The van der Waals surface area contributed by atoms with Crippen molar-refractivity contribution in [1.82, 2.24) is 9.38 Å². The van der Waals surface area contributed by atoms with Gasteiger partial charge in [-0.2, -0.15) is 0 Å². The van der Waals surface area contributed by atoms with Gasteiger partial charge in [0.25, 0.3) is 5.56 Å². The Morgan fingerprint density at radius 1 is 1.39 bits per heavy atom. The minimum absolute atomic E-state index is 0.101. The molecule has 2 heterocycles. The molecule has 116 valence electrons. The number of hydrogen-bond acceptors (Lipinski definition) is 5. The lowest BCUT2D eigenvalue weighted by molar-refractivity contribution is -0.139. The molecule has 0 saturated heterocycles. The second-order valence-corrected chi connectivity index (χ2v) is 5.51.